The van der Waals surface area contributed by atoms with E-state index in [0.29, 0.717) is 5.92 Å². The van der Waals surface area contributed by atoms with Crippen molar-refractivity contribution in [2.45, 2.75) is 13.3 Å². The molecule has 0 radical (unpaired) electrons. The molecule has 0 aliphatic carbocycles. The zero-order valence-electron chi connectivity index (χ0n) is 6.08. The van der Waals surface area contributed by atoms with Gasteiger partial charge in [-0.25, -0.2) is 0 Å². The van der Waals surface area contributed by atoms with Gasteiger partial charge in [-0.05, 0) is 24.0 Å². The molecule has 0 spiro atoms. The molecule has 2 nitrogen and oxygen atoms in total. The summed E-state index contributed by atoms with van der Waals surface area (Å²) < 4.78 is 4.88. The normalized spacial score (nSPS) is 13.4. The highest BCUT2D eigenvalue weighted by Crippen LogP contribution is 2.07. The van der Waals surface area contributed by atoms with Crippen molar-refractivity contribution in [1.29, 1.82) is 0 Å². The summed E-state index contributed by atoms with van der Waals surface area (Å²) in [6.07, 6.45) is 4.26. The Morgan fingerprint density at radius 3 is 3.00 bits per heavy atom. The first-order valence-corrected chi connectivity index (χ1v) is 3.45. The van der Waals surface area contributed by atoms with Crippen molar-refractivity contribution in [3.63, 3.8) is 0 Å². The van der Waals surface area contributed by atoms with Crippen LogP contribution >= 0.6 is 0 Å². The van der Waals surface area contributed by atoms with Gasteiger partial charge in [-0.2, -0.15) is 0 Å². The number of aliphatic hydroxyl groups is 1. The van der Waals surface area contributed by atoms with E-state index in [0.717, 1.165) is 12.0 Å². The molecule has 0 unspecified atom stereocenters. The molecule has 0 bridgehead atoms. The fourth-order valence-corrected chi connectivity index (χ4v) is 0.876. The molecule has 0 amide bonds. The predicted molar refractivity (Wildman–Crippen MR) is 38.7 cm³/mol. The minimum absolute atomic E-state index is 0.241. The molecular formula is C8H12O2. The van der Waals surface area contributed by atoms with E-state index >= 15 is 0 Å². The SMILES string of the molecule is C[C@H](CO)Cc1ccoc1. The highest BCUT2D eigenvalue weighted by Gasteiger charge is 2.01. The van der Waals surface area contributed by atoms with Crippen LogP contribution in [0.2, 0.25) is 0 Å². The van der Waals surface area contributed by atoms with Crippen LogP contribution in [0.5, 0.6) is 0 Å². The van der Waals surface area contributed by atoms with Crippen LogP contribution in [0.25, 0.3) is 0 Å². The Morgan fingerprint density at radius 2 is 2.50 bits per heavy atom. The minimum atomic E-state index is 0.241. The molecule has 1 aromatic heterocycles. The third-order valence-corrected chi connectivity index (χ3v) is 1.48. The Morgan fingerprint density at radius 1 is 1.70 bits per heavy atom. The molecule has 2 heteroatoms. The Kier molecular flexibility index (Phi) is 2.51. The van der Waals surface area contributed by atoms with Crippen LogP contribution in [0.1, 0.15) is 12.5 Å². The van der Waals surface area contributed by atoms with Crippen LogP contribution in [-0.4, -0.2) is 11.7 Å². The first-order valence-electron chi connectivity index (χ1n) is 3.45. The number of hydrogen-bond donors (Lipinski definition) is 1. The minimum Gasteiger partial charge on any atom is -0.472 e. The Balaban J connectivity index is 2.40. The second-order valence-corrected chi connectivity index (χ2v) is 2.62. The van der Waals surface area contributed by atoms with E-state index in [9.17, 15) is 0 Å². The van der Waals surface area contributed by atoms with Crippen LogP contribution in [0.3, 0.4) is 0 Å². The monoisotopic (exact) mass is 140 g/mol. The fraction of sp³-hybridized carbons (Fsp3) is 0.500. The number of aliphatic hydroxyl groups excluding tert-OH is 1. The highest BCUT2D eigenvalue weighted by molar-refractivity contribution is 5.05. The van der Waals surface area contributed by atoms with Gasteiger partial charge in [0.25, 0.3) is 0 Å². The summed E-state index contributed by atoms with van der Waals surface area (Å²) in [5, 5.41) is 8.70. The number of furan rings is 1. The summed E-state index contributed by atoms with van der Waals surface area (Å²) in [5.74, 6) is 0.331. The van der Waals surface area contributed by atoms with E-state index in [4.69, 9.17) is 9.52 Å². The van der Waals surface area contributed by atoms with Crippen molar-refractivity contribution < 1.29 is 9.52 Å². The lowest BCUT2D eigenvalue weighted by Crippen LogP contribution is -2.03. The van der Waals surface area contributed by atoms with Crippen molar-refractivity contribution in [3.8, 4) is 0 Å². The molecule has 0 saturated heterocycles. The molecule has 0 saturated carbocycles. The van der Waals surface area contributed by atoms with Crippen molar-refractivity contribution in [2.24, 2.45) is 5.92 Å². The maximum Gasteiger partial charge on any atom is 0.0934 e. The second kappa shape index (κ2) is 3.42. The van der Waals surface area contributed by atoms with Crippen molar-refractivity contribution in [3.05, 3.63) is 24.2 Å². The average molecular weight is 140 g/mol. The van der Waals surface area contributed by atoms with E-state index in [1.54, 1.807) is 12.5 Å². The highest BCUT2D eigenvalue weighted by atomic mass is 16.3. The second-order valence-electron chi connectivity index (χ2n) is 2.62. The summed E-state index contributed by atoms with van der Waals surface area (Å²) in [4.78, 5) is 0. The summed E-state index contributed by atoms with van der Waals surface area (Å²) >= 11 is 0. The van der Waals surface area contributed by atoms with Crippen molar-refractivity contribution >= 4 is 0 Å². The van der Waals surface area contributed by atoms with E-state index in [1.807, 2.05) is 13.0 Å². The Labute approximate surface area is 60.5 Å². The van der Waals surface area contributed by atoms with E-state index in [1.165, 1.54) is 0 Å². The van der Waals surface area contributed by atoms with Crippen LogP contribution in [0.4, 0.5) is 0 Å². The van der Waals surface area contributed by atoms with Crippen LogP contribution in [0, 0.1) is 5.92 Å². The summed E-state index contributed by atoms with van der Waals surface area (Å²) in [7, 11) is 0. The Hall–Kier alpha value is -0.760. The molecule has 1 heterocycles. The predicted octanol–water partition coefficient (Wildman–Crippen LogP) is 1.45. The van der Waals surface area contributed by atoms with E-state index in [2.05, 4.69) is 0 Å². The first kappa shape index (κ1) is 7.35. The van der Waals surface area contributed by atoms with Crippen molar-refractivity contribution in [1.82, 2.24) is 0 Å². The van der Waals surface area contributed by atoms with Gasteiger partial charge in [0.1, 0.15) is 0 Å². The number of rotatable bonds is 3. The topological polar surface area (TPSA) is 33.4 Å². The third-order valence-electron chi connectivity index (χ3n) is 1.48. The molecule has 10 heavy (non-hydrogen) atoms. The molecule has 0 aliphatic heterocycles. The van der Waals surface area contributed by atoms with Gasteiger partial charge in [-0.15, -0.1) is 0 Å². The van der Waals surface area contributed by atoms with Gasteiger partial charge in [0.05, 0.1) is 12.5 Å². The average Bonchev–Trinajstić information content (AvgIpc) is 2.40. The zero-order chi connectivity index (χ0) is 7.40. The molecule has 0 aliphatic rings. The molecular weight excluding hydrogens is 128 g/mol. The lowest BCUT2D eigenvalue weighted by Gasteiger charge is -2.03. The maximum atomic E-state index is 8.70. The first-order chi connectivity index (χ1) is 4.83. The zero-order valence-corrected chi connectivity index (χ0v) is 6.08. The molecule has 0 aromatic carbocycles. The maximum absolute atomic E-state index is 8.70. The fourth-order valence-electron chi connectivity index (χ4n) is 0.876. The summed E-state index contributed by atoms with van der Waals surface area (Å²) in [6, 6.07) is 1.92. The smallest absolute Gasteiger partial charge is 0.0934 e. The molecule has 1 aromatic rings. The van der Waals surface area contributed by atoms with Gasteiger partial charge in [0.15, 0.2) is 0 Å². The largest absolute Gasteiger partial charge is 0.472 e. The Bertz CT molecular complexity index is 167. The van der Waals surface area contributed by atoms with Gasteiger partial charge < -0.3 is 9.52 Å². The molecule has 1 atom stereocenters. The standard InChI is InChI=1S/C8H12O2/c1-7(5-9)4-8-2-3-10-6-8/h2-3,6-7,9H,4-5H2,1H3/t7-/m0/s1. The molecule has 1 N–H and O–H groups in total. The van der Waals surface area contributed by atoms with E-state index in [-0.39, 0.29) is 6.61 Å². The third kappa shape index (κ3) is 1.88. The van der Waals surface area contributed by atoms with Crippen molar-refractivity contribution in [2.75, 3.05) is 6.61 Å². The summed E-state index contributed by atoms with van der Waals surface area (Å²) in [6.45, 7) is 2.25. The van der Waals surface area contributed by atoms with Crippen LogP contribution in [-0.2, 0) is 6.42 Å². The molecule has 1 rings (SSSR count). The van der Waals surface area contributed by atoms with Crippen LogP contribution in [0.15, 0.2) is 23.0 Å². The van der Waals surface area contributed by atoms with Crippen LogP contribution < -0.4 is 0 Å². The molecule has 0 fully saturated rings. The summed E-state index contributed by atoms with van der Waals surface area (Å²) in [5.41, 5.74) is 1.15. The lowest BCUT2D eigenvalue weighted by molar-refractivity contribution is 0.237. The van der Waals surface area contributed by atoms with Gasteiger partial charge in [-0.1, -0.05) is 6.92 Å². The lowest BCUT2D eigenvalue weighted by atomic mass is 10.1. The van der Waals surface area contributed by atoms with E-state index < -0.39 is 0 Å². The van der Waals surface area contributed by atoms with Gasteiger partial charge >= 0.3 is 0 Å². The quantitative estimate of drug-likeness (QED) is 0.689. The van der Waals surface area contributed by atoms with Gasteiger partial charge in [0.2, 0.25) is 0 Å². The number of hydrogen-bond acceptors (Lipinski definition) is 2. The van der Waals surface area contributed by atoms with Gasteiger partial charge in [0, 0.05) is 6.61 Å². The molecule has 56 valence electrons. The van der Waals surface area contributed by atoms with Gasteiger partial charge in [-0.3, -0.25) is 0 Å².